The van der Waals surface area contributed by atoms with Crippen LogP contribution in [0.3, 0.4) is 0 Å². The van der Waals surface area contributed by atoms with Crippen LogP contribution in [0.25, 0.3) is 5.65 Å². The summed E-state index contributed by atoms with van der Waals surface area (Å²) in [4.78, 5) is 4.95. The Hall–Kier alpha value is -1.60. The van der Waals surface area contributed by atoms with Gasteiger partial charge in [-0.3, -0.25) is 4.31 Å². The van der Waals surface area contributed by atoms with E-state index in [-0.39, 0.29) is 5.41 Å². The van der Waals surface area contributed by atoms with Crippen molar-refractivity contribution in [2.45, 2.75) is 64.7 Å². The fourth-order valence-electron chi connectivity index (χ4n) is 4.12. The quantitative estimate of drug-likeness (QED) is 0.754. The van der Waals surface area contributed by atoms with Gasteiger partial charge >= 0.3 is 10.2 Å². The van der Waals surface area contributed by atoms with Gasteiger partial charge in [0, 0.05) is 44.5 Å². The lowest BCUT2D eigenvalue weighted by Crippen LogP contribution is -2.37. The molecule has 0 atom stereocenters. The van der Waals surface area contributed by atoms with E-state index in [1.165, 1.54) is 46.4 Å². The number of pyridine rings is 1. The van der Waals surface area contributed by atoms with Crippen LogP contribution in [0.5, 0.6) is 0 Å². The summed E-state index contributed by atoms with van der Waals surface area (Å²) < 4.78 is 29.7. The summed E-state index contributed by atoms with van der Waals surface area (Å²) >= 11 is 0. The summed E-state index contributed by atoms with van der Waals surface area (Å²) in [5.74, 6) is 0.714. The molecule has 0 aromatic carbocycles. The summed E-state index contributed by atoms with van der Waals surface area (Å²) in [5.41, 5.74) is 3.77. The van der Waals surface area contributed by atoms with E-state index in [1.54, 1.807) is 21.1 Å². The van der Waals surface area contributed by atoms with Crippen LogP contribution in [-0.2, 0) is 22.0 Å². The monoisotopic (exact) mass is 406 g/mol. The molecule has 2 heterocycles. The second-order valence-electron chi connectivity index (χ2n) is 9.24. The van der Waals surface area contributed by atoms with Crippen LogP contribution in [0, 0.1) is 5.92 Å². The molecule has 1 saturated carbocycles. The minimum Gasteiger partial charge on any atom is -0.304 e. The zero-order chi connectivity index (χ0) is 20.7. The van der Waals surface area contributed by atoms with E-state index in [0.29, 0.717) is 11.6 Å². The first-order valence-corrected chi connectivity index (χ1v) is 11.6. The van der Waals surface area contributed by atoms with E-state index in [1.807, 2.05) is 18.3 Å². The number of hydrogen-bond acceptors (Lipinski definition) is 3. The van der Waals surface area contributed by atoms with Crippen molar-refractivity contribution in [3.05, 3.63) is 29.7 Å². The van der Waals surface area contributed by atoms with Crippen LogP contribution in [0.1, 0.15) is 64.3 Å². The predicted octanol–water partition coefficient (Wildman–Crippen LogP) is 4.00. The first kappa shape index (κ1) is 21.1. The van der Waals surface area contributed by atoms with Crippen LogP contribution in [0.2, 0.25) is 0 Å². The maximum absolute atomic E-state index is 12.5. The second-order valence-corrected chi connectivity index (χ2v) is 11.4. The normalized spacial score (nSPS) is 16.8. The lowest BCUT2D eigenvalue weighted by Gasteiger charge is -2.24. The van der Waals surface area contributed by atoms with Crippen molar-refractivity contribution >= 4 is 21.5 Å². The molecule has 6 nitrogen and oxygen atoms in total. The van der Waals surface area contributed by atoms with E-state index in [2.05, 4.69) is 25.2 Å². The molecule has 0 radical (unpaired) electrons. The summed E-state index contributed by atoms with van der Waals surface area (Å²) in [6, 6.07) is 3.74. The highest BCUT2D eigenvalue weighted by Crippen LogP contribution is 2.33. The van der Waals surface area contributed by atoms with Crippen molar-refractivity contribution in [2.24, 2.45) is 5.92 Å². The van der Waals surface area contributed by atoms with Crippen LogP contribution < -0.4 is 4.31 Å². The van der Waals surface area contributed by atoms with Crippen molar-refractivity contribution in [2.75, 3.05) is 25.4 Å². The molecule has 0 bridgehead atoms. The molecule has 0 aliphatic heterocycles. The molecule has 3 rings (SSSR count). The Balaban J connectivity index is 2.05. The molecule has 0 amide bonds. The number of aromatic nitrogens is 2. The Bertz CT molecular complexity index is 935. The third kappa shape index (κ3) is 4.06. The zero-order valence-electron chi connectivity index (χ0n) is 18.1. The summed E-state index contributed by atoms with van der Waals surface area (Å²) in [5, 5.41) is 0. The molecule has 1 aliphatic carbocycles. The lowest BCUT2D eigenvalue weighted by atomic mass is 9.83. The molecule has 0 unspecified atom stereocenters. The molecule has 0 spiro atoms. The average molecular weight is 407 g/mol. The van der Waals surface area contributed by atoms with E-state index in [4.69, 9.17) is 4.98 Å². The van der Waals surface area contributed by atoms with Gasteiger partial charge < -0.3 is 4.40 Å². The van der Waals surface area contributed by atoms with E-state index in [0.717, 1.165) is 17.8 Å². The molecule has 0 saturated heterocycles. The number of fused-ring (bicyclic) bond motifs is 1. The van der Waals surface area contributed by atoms with Gasteiger partial charge in [0.05, 0.1) is 11.4 Å². The standard InChI is InChI=1S/C21H34N4O2S/c1-21(2,3)20-18(14-16-10-8-7-9-11-16)25-13-12-17(15-19(25)22-20)24(6)28(26,27)23(4)5/h12-13,15-16H,7-11,14H2,1-6H3. The highest BCUT2D eigenvalue weighted by atomic mass is 32.2. The molecule has 2 aromatic rings. The SMILES string of the molecule is CN(C)S(=O)(=O)N(C)c1ccn2c(CC3CCCCC3)c(C(C)(C)C)nc2c1. The molecule has 7 heteroatoms. The fraction of sp³-hybridized carbons (Fsp3) is 0.667. The van der Waals surface area contributed by atoms with E-state index < -0.39 is 10.2 Å². The number of hydrogen-bond donors (Lipinski definition) is 0. The van der Waals surface area contributed by atoms with Gasteiger partial charge in [0.1, 0.15) is 5.65 Å². The number of rotatable bonds is 5. The van der Waals surface area contributed by atoms with Gasteiger partial charge in [-0.25, -0.2) is 4.98 Å². The van der Waals surface area contributed by atoms with Crippen LogP contribution in [0.4, 0.5) is 5.69 Å². The van der Waals surface area contributed by atoms with Crippen molar-refractivity contribution in [1.82, 2.24) is 13.7 Å². The van der Waals surface area contributed by atoms with Gasteiger partial charge in [0.25, 0.3) is 0 Å². The second kappa shape index (κ2) is 7.67. The van der Waals surface area contributed by atoms with Gasteiger partial charge in [-0.15, -0.1) is 0 Å². The Labute approximate surface area is 169 Å². The summed E-state index contributed by atoms with van der Waals surface area (Å²) in [6.07, 6.45) is 9.60. The zero-order valence-corrected chi connectivity index (χ0v) is 18.9. The highest BCUT2D eigenvalue weighted by molar-refractivity contribution is 7.90. The fourth-order valence-corrected chi connectivity index (χ4v) is 4.99. The Morgan fingerprint density at radius 1 is 1.14 bits per heavy atom. The topological polar surface area (TPSA) is 57.9 Å². The van der Waals surface area contributed by atoms with Crippen molar-refractivity contribution in [3.8, 4) is 0 Å². The molecular weight excluding hydrogens is 372 g/mol. The maximum Gasteiger partial charge on any atom is 0.303 e. The Kier molecular flexibility index (Phi) is 5.79. The highest BCUT2D eigenvalue weighted by Gasteiger charge is 2.27. The van der Waals surface area contributed by atoms with Gasteiger partial charge in [0.15, 0.2) is 0 Å². The molecule has 156 valence electrons. The third-order valence-electron chi connectivity index (χ3n) is 5.80. The smallest absolute Gasteiger partial charge is 0.303 e. The van der Waals surface area contributed by atoms with Crippen molar-refractivity contribution in [3.63, 3.8) is 0 Å². The van der Waals surface area contributed by atoms with Crippen molar-refractivity contribution in [1.29, 1.82) is 0 Å². The van der Waals surface area contributed by atoms with Crippen LogP contribution in [0.15, 0.2) is 18.3 Å². The van der Waals surface area contributed by atoms with Crippen LogP contribution in [-0.4, -0.2) is 43.3 Å². The lowest BCUT2D eigenvalue weighted by molar-refractivity contribution is 0.351. The number of imidazole rings is 1. The van der Waals surface area contributed by atoms with Crippen molar-refractivity contribution < 1.29 is 8.42 Å². The Morgan fingerprint density at radius 2 is 1.79 bits per heavy atom. The molecule has 1 fully saturated rings. The Morgan fingerprint density at radius 3 is 2.36 bits per heavy atom. The first-order chi connectivity index (χ1) is 13.0. The molecular formula is C21H34N4O2S. The van der Waals surface area contributed by atoms with Gasteiger partial charge in [-0.05, 0) is 18.4 Å². The van der Waals surface area contributed by atoms with E-state index in [9.17, 15) is 8.42 Å². The van der Waals surface area contributed by atoms with Gasteiger partial charge in [0.2, 0.25) is 0 Å². The molecule has 1 aliphatic rings. The largest absolute Gasteiger partial charge is 0.304 e. The molecule has 2 aromatic heterocycles. The van der Waals surface area contributed by atoms with Gasteiger partial charge in [-0.1, -0.05) is 52.9 Å². The number of anilines is 1. The minimum atomic E-state index is -3.52. The summed E-state index contributed by atoms with van der Waals surface area (Å²) in [7, 11) is 1.14. The first-order valence-electron chi connectivity index (χ1n) is 10.2. The van der Waals surface area contributed by atoms with Crippen LogP contribution >= 0.6 is 0 Å². The molecule has 0 N–H and O–H groups in total. The third-order valence-corrected chi connectivity index (χ3v) is 7.62. The van der Waals surface area contributed by atoms with Gasteiger partial charge in [-0.2, -0.15) is 12.7 Å². The minimum absolute atomic E-state index is 0.0577. The maximum atomic E-state index is 12.5. The number of nitrogens with zero attached hydrogens (tertiary/aromatic N) is 4. The summed E-state index contributed by atoms with van der Waals surface area (Å²) in [6.45, 7) is 6.59. The van der Waals surface area contributed by atoms with E-state index >= 15 is 0 Å². The molecule has 28 heavy (non-hydrogen) atoms. The predicted molar refractivity (Wildman–Crippen MR) is 115 cm³/mol. The average Bonchev–Trinajstić information content (AvgIpc) is 3.00.